The fourth-order valence-electron chi connectivity index (χ4n) is 3.81. The number of rotatable bonds is 6. The van der Waals surface area contributed by atoms with Crippen molar-refractivity contribution in [2.45, 2.75) is 12.6 Å². The molecule has 2 fully saturated rings. The Morgan fingerprint density at radius 1 is 1.08 bits per heavy atom. The summed E-state index contributed by atoms with van der Waals surface area (Å²) in [6.45, 7) is 4.54. The van der Waals surface area contributed by atoms with Gasteiger partial charge in [-0.3, -0.25) is 9.88 Å². The van der Waals surface area contributed by atoms with Crippen molar-refractivity contribution >= 4 is 0 Å². The molecule has 5 nitrogen and oxygen atoms in total. The van der Waals surface area contributed by atoms with Crippen LogP contribution in [0.5, 0.6) is 11.5 Å². The molecule has 0 bridgehead atoms. The first-order chi connectivity index (χ1) is 12.3. The molecule has 0 saturated carbocycles. The van der Waals surface area contributed by atoms with Crippen LogP contribution >= 0.6 is 0 Å². The summed E-state index contributed by atoms with van der Waals surface area (Å²) in [5, 5.41) is 0. The van der Waals surface area contributed by atoms with Crippen molar-refractivity contribution in [1.29, 1.82) is 0 Å². The molecule has 5 heteroatoms. The Labute approximate surface area is 148 Å². The maximum atomic E-state index is 6.03. The van der Waals surface area contributed by atoms with Gasteiger partial charge in [0.25, 0.3) is 0 Å². The molecule has 1 aromatic carbocycles. The highest BCUT2D eigenvalue weighted by molar-refractivity contribution is 5.27. The molecule has 25 heavy (non-hydrogen) atoms. The average Bonchev–Trinajstić information content (AvgIpc) is 3.22. The number of benzene rings is 1. The zero-order valence-corrected chi connectivity index (χ0v) is 14.5. The lowest BCUT2D eigenvalue weighted by atomic mass is 9.94. The highest BCUT2D eigenvalue weighted by Crippen LogP contribution is 2.34. The molecule has 0 unspecified atom stereocenters. The van der Waals surface area contributed by atoms with Crippen molar-refractivity contribution in [3.8, 4) is 11.5 Å². The van der Waals surface area contributed by atoms with Crippen LogP contribution in [-0.4, -0.2) is 49.4 Å². The number of pyridine rings is 1. The Morgan fingerprint density at radius 3 is 2.64 bits per heavy atom. The number of aromatic nitrogens is 1. The predicted octanol–water partition coefficient (Wildman–Crippen LogP) is 2.62. The van der Waals surface area contributed by atoms with Crippen molar-refractivity contribution in [3.05, 3.63) is 54.4 Å². The lowest BCUT2D eigenvalue weighted by Gasteiger charge is -2.20. The highest BCUT2D eigenvalue weighted by atomic mass is 16.5. The summed E-state index contributed by atoms with van der Waals surface area (Å²) in [7, 11) is 1.70. The summed E-state index contributed by atoms with van der Waals surface area (Å²) in [5.41, 5.74) is 1.31. The molecule has 2 aliphatic rings. The van der Waals surface area contributed by atoms with Crippen LogP contribution in [0.1, 0.15) is 5.56 Å². The topological polar surface area (TPSA) is 43.8 Å². The number of likely N-dealkylation sites (tertiary alicyclic amines) is 1. The van der Waals surface area contributed by atoms with Crippen molar-refractivity contribution in [2.75, 3.05) is 33.4 Å². The zero-order chi connectivity index (χ0) is 17.1. The van der Waals surface area contributed by atoms with Crippen molar-refractivity contribution < 1.29 is 14.2 Å². The molecule has 2 aromatic rings. The van der Waals surface area contributed by atoms with E-state index in [1.807, 2.05) is 24.3 Å². The number of ether oxygens (including phenoxy) is 3. The lowest BCUT2D eigenvalue weighted by molar-refractivity contribution is 0.0897. The molecule has 132 valence electrons. The standard InChI is InChI=1S/C20H24N2O3/c1-23-17-4-2-15(3-5-17)10-22-11-19-16(14-25-20(19)12-22)13-24-18-6-8-21-9-7-18/h2-9,16,19-20H,10-14H2,1H3/t16-,19-,20-/m0/s1. The van der Waals surface area contributed by atoms with Crippen LogP contribution in [0.2, 0.25) is 0 Å². The molecule has 0 radical (unpaired) electrons. The Morgan fingerprint density at radius 2 is 1.88 bits per heavy atom. The summed E-state index contributed by atoms with van der Waals surface area (Å²) in [6, 6.07) is 12.1. The minimum absolute atomic E-state index is 0.337. The smallest absolute Gasteiger partial charge is 0.122 e. The van der Waals surface area contributed by atoms with E-state index in [4.69, 9.17) is 14.2 Å². The van der Waals surface area contributed by atoms with E-state index in [2.05, 4.69) is 22.0 Å². The van der Waals surface area contributed by atoms with E-state index in [1.165, 1.54) is 5.56 Å². The minimum Gasteiger partial charge on any atom is -0.497 e. The van der Waals surface area contributed by atoms with E-state index >= 15 is 0 Å². The van der Waals surface area contributed by atoms with E-state index in [0.29, 0.717) is 24.5 Å². The quantitative estimate of drug-likeness (QED) is 0.809. The number of nitrogens with zero attached hydrogens (tertiary/aromatic N) is 2. The first-order valence-electron chi connectivity index (χ1n) is 8.81. The Balaban J connectivity index is 1.31. The summed E-state index contributed by atoms with van der Waals surface area (Å²) in [4.78, 5) is 6.50. The number of fused-ring (bicyclic) bond motifs is 1. The van der Waals surface area contributed by atoms with E-state index in [1.54, 1.807) is 19.5 Å². The normalized spacial score (nSPS) is 25.7. The summed E-state index contributed by atoms with van der Waals surface area (Å²) in [5.74, 6) is 2.80. The third kappa shape index (κ3) is 3.78. The molecular formula is C20H24N2O3. The van der Waals surface area contributed by atoms with Gasteiger partial charge >= 0.3 is 0 Å². The van der Waals surface area contributed by atoms with E-state index < -0.39 is 0 Å². The maximum Gasteiger partial charge on any atom is 0.122 e. The second kappa shape index (κ2) is 7.42. The fourth-order valence-corrected chi connectivity index (χ4v) is 3.81. The molecule has 2 aliphatic heterocycles. The van der Waals surface area contributed by atoms with Gasteiger partial charge in [-0.25, -0.2) is 0 Å². The van der Waals surface area contributed by atoms with Gasteiger partial charge in [0.1, 0.15) is 11.5 Å². The van der Waals surface area contributed by atoms with E-state index in [-0.39, 0.29) is 0 Å². The van der Waals surface area contributed by atoms with Crippen molar-refractivity contribution in [2.24, 2.45) is 11.8 Å². The van der Waals surface area contributed by atoms with Crippen LogP contribution in [-0.2, 0) is 11.3 Å². The van der Waals surface area contributed by atoms with Crippen LogP contribution in [0, 0.1) is 11.8 Å². The monoisotopic (exact) mass is 340 g/mol. The lowest BCUT2D eigenvalue weighted by Crippen LogP contribution is -2.26. The summed E-state index contributed by atoms with van der Waals surface area (Å²) < 4.78 is 17.2. The third-order valence-electron chi connectivity index (χ3n) is 5.19. The number of hydrogen-bond acceptors (Lipinski definition) is 5. The fraction of sp³-hybridized carbons (Fsp3) is 0.450. The summed E-state index contributed by atoms with van der Waals surface area (Å²) in [6.07, 6.45) is 3.86. The van der Waals surface area contributed by atoms with Gasteiger partial charge in [0, 0.05) is 43.9 Å². The van der Waals surface area contributed by atoms with Gasteiger partial charge in [0.2, 0.25) is 0 Å². The van der Waals surface area contributed by atoms with Gasteiger partial charge < -0.3 is 14.2 Å². The van der Waals surface area contributed by atoms with Crippen LogP contribution in [0.4, 0.5) is 0 Å². The van der Waals surface area contributed by atoms with E-state index in [9.17, 15) is 0 Å². The molecule has 3 atom stereocenters. The number of methoxy groups -OCH3 is 1. The zero-order valence-electron chi connectivity index (χ0n) is 14.5. The van der Waals surface area contributed by atoms with Crippen LogP contribution in [0.15, 0.2) is 48.8 Å². The van der Waals surface area contributed by atoms with Gasteiger partial charge in [-0.15, -0.1) is 0 Å². The van der Waals surface area contributed by atoms with Gasteiger partial charge in [0.05, 0.1) is 26.4 Å². The third-order valence-corrected chi connectivity index (χ3v) is 5.19. The predicted molar refractivity (Wildman–Crippen MR) is 94.7 cm³/mol. The second-order valence-electron chi connectivity index (χ2n) is 6.83. The minimum atomic E-state index is 0.337. The molecular weight excluding hydrogens is 316 g/mol. The van der Waals surface area contributed by atoms with Crippen molar-refractivity contribution in [3.63, 3.8) is 0 Å². The SMILES string of the molecule is COc1ccc(CN2C[C@H]3[C@@H](COc4ccncc4)CO[C@H]3C2)cc1. The molecule has 2 saturated heterocycles. The molecule has 0 N–H and O–H groups in total. The summed E-state index contributed by atoms with van der Waals surface area (Å²) >= 11 is 0. The van der Waals surface area contributed by atoms with Gasteiger partial charge in [-0.2, -0.15) is 0 Å². The van der Waals surface area contributed by atoms with Crippen LogP contribution < -0.4 is 9.47 Å². The van der Waals surface area contributed by atoms with Crippen LogP contribution in [0.3, 0.4) is 0 Å². The van der Waals surface area contributed by atoms with Gasteiger partial charge in [-0.05, 0) is 29.8 Å². The van der Waals surface area contributed by atoms with Gasteiger partial charge in [0.15, 0.2) is 0 Å². The maximum absolute atomic E-state index is 6.03. The Bertz CT molecular complexity index is 677. The molecule has 0 spiro atoms. The first kappa shape index (κ1) is 16.4. The second-order valence-corrected chi connectivity index (χ2v) is 6.83. The molecule has 3 heterocycles. The van der Waals surface area contributed by atoms with Crippen molar-refractivity contribution in [1.82, 2.24) is 9.88 Å². The molecule has 1 aromatic heterocycles. The largest absolute Gasteiger partial charge is 0.497 e. The van der Waals surface area contributed by atoms with Gasteiger partial charge in [-0.1, -0.05) is 12.1 Å². The highest BCUT2D eigenvalue weighted by Gasteiger charge is 2.43. The van der Waals surface area contributed by atoms with E-state index in [0.717, 1.165) is 37.7 Å². The Kier molecular flexibility index (Phi) is 4.85. The molecule has 4 rings (SSSR count). The Hall–Kier alpha value is -2.11. The number of hydrogen-bond donors (Lipinski definition) is 0. The first-order valence-corrected chi connectivity index (χ1v) is 8.81. The average molecular weight is 340 g/mol. The van der Waals surface area contributed by atoms with Crippen LogP contribution in [0.25, 0.3) is 0 Å². The molecule has 0 amide bonds. The molecule has 0 aliphatic carbocycles.